The molecule has 9 heteroatoms. The largest absolute Gasteiger partial charge is 0.492 e. The van der Waals surface area contributed by atoms with Gasteiger partial charge in [-0.2, -0.15) is 0 Å². The number of nitrogens with zero attached hydrogens (tertiary/aromatic N) is 2. The lowest BCUT2D eigenvalue weighted by atomic mass is 9.91. The third-order valence-corrected chi connectivity index (χ3v) is 7.01. The summed E-state index contributed by atoms with van der Waals surface area (Å²) in [6.07, 6.45) is 7.51. The Balaban J connectivity index is 1.39. The number of aromatic nitrogens is 3. The van der Waals surface area contributed by atoms with E-state index < -0.39 is 0 Å². The molecule has 0 bridgehead atoms. The molecule has 3 aromatic rings. The van der Waals surface area contributed by atoms with Crippen molar-refractivity contribution in [3.63, 3.8) is 0 Å². The minimum atomic E-state index is -0.128. The van der Waals surface area contributed by atoms with E-state index in [-0.39, 0.29) is 24.8 Å². The van der Waals surface area contributed by atoms with E-state index in [1.54, 1.807) is 0 Å². The van der Waals surface area contributed by atoms with Crippen LogP contribution in [-0.2, 0) is 0 Å². The van der Waals surface area contributed by atoms with Crippen LogP contribution in [-0.4, -0.2) is 46.3 Å². The van der Waals surface area contributed by atoms with Gasteiger partial charge in [0.15, 0.2) is 11.5 Å². The Bertz CT molecular complexity index is 1240. The predicted octanol–water partition coefficient (Wildman–Crippen LogP) is 3.45. The molecule has 6 rings (SSSR count). The molecule has 0 atom stereocenters. The summed E-state index contributed by atoms with van der Waals surface area (Å²) in [7, 11) is 0. The highest BCUT2D eigenvalue weighted by atomic mass is 16.7. The van der Waals surface area contributed by atoms with E-state index >= 15 is 0 Å². The molecule has 34 heavy (non-hydrogen) atoms. The number of nitrogens with two attached hydrogens (primary N) is 1. The number of hydrogen-bond donors (Lipinski definition) is 3. The normalized spacial score (nSPS) is 21.6. The van der Waals surface area contributed by atoms with E-state index in [0.717, 1.165) is 36.9 Å². The Kier molecular flexibility index (Phi) is 5.28. The van der Waals surface area contributed by atoms with Gasteiger partial charge in [0.25, 0.3) is 5.91 Å². The van der Waals surface area contributed by atoms with E-state index in [1.807, 2.05) is 19.1 Å². The lowest BCUT2D eigenvalue weighted by Gasteiger charge is -2.26. The third kappa shape index (κ3) is 3.83. The fourth-order valence-electron chi connectivity index (χ4n) is 4.90. The summed E-state index contributed by atoms with van der Waals surface area (Å²) in [6, 6.07) is 4.12. The molecule has 9 nitrogen and oxygen atoms in total. The van der Waals surface area contributed by atoms with Crippen molar-refractivity contribution in [2.45, 2.75) is 57.5 Å². The zero-order chi connectivity index (χ0) is 23.2. The minimum Gasteiger partial charge on any atom is -0.492 e. The van der Waals surface area contributed by atoms with Crippen molar-refractivity contribution >= 4 is 16.9 Å². The third-order valence-electron chi connectivity index (χ3n) is 7.01. The summed E-state index contributed by atoms with van der Waals surface area (Å²) in [6.45, 7) is 2.69. The molecule has 4 N–H and O–H groups in total. The molecule has 1 aromatic carbocycles. The van der Waals surface area contributed by atoms with Crippen molar-refractivity contribution < 1.29 is 19.0 Å². The zero-order valence-electron chi connectivity index (χ0n) is 19.2. The van der Waals surface area contributed by atoms with Crippen LogP contribution in [0.25, 0.3) is 22.3 Å². The Labute approximate surface area is 197 Å². The first-order valence-corrected chi connectivity index (χ1v) is 12.0. The van der Waals surface area contributed by atoms with Crippen LogP contribution < -0.4 is 25.3 Å². The van der Waals surface area contributed by atoms with Crippen LogP contribution in [0.15, 0.2) is 18.5 Å². The summed E-state index contributed by atoms with van der Waals surface area (Å²) in [5, 5.41) is 3.18. The van der Waals surface area contributed by atoms with Crippen molar-refractivity contribution in [2.24, 2.45) is 11.7 Å². The number of benzene rings is 1. The number of amides is 1. The van der Waals surface area contributed by atoms with Gasteiger partial charge in [-0.3, -0.25) is 4.79 Å². The molecule has 2 saturated carbocycles. The molecule has 0 radical (unpaired) electrons. The monoisotopic (exact) mass is 463 g/mol. The number of carbonyl (C=O) groups is 1. The molecular weight excluding hydrogens is 434 g/mol. The second-order valence-corrected chi connectivity index (χ2v) is 9.58. The second-order valence-electron chi connectivity index (χ2n) is 9.58. The molecule has 0 unspecified atom stereocenters. The highest BCUT2D eigenvalue weighted by Gasteiger charge is 2.30. The number of nitrogens with one attached hydrogen (secondary N) is 2. The van der Waals surface area contributed by atoms with Gasteiger partial charge < -0.3 is 30.2 Å². The van der Waals surface area contributed by atoms with Gasteiger partial charge in [0.2, 0.25) is 6.79 Å². The first kappa shape index (κ1) is 21.2. The van der Waals surface area contributed by atoms with Crippen molar-refractivity contribution in [1.29, 1.82) is 0 Å². The van der Waals surface area contributed by atoms with Crippen molar-refractivity contribution in [3.8, 4) is 28.5 Å². The first-order chi connectivity index (χ1) is 16.6. The lowest BCUT2D eigenvalue weighted by Crippen LogP contribution is -2.40. The molecule has 2 aliphatic carbocycles. The molecule has 1 amide bonds. The van der Waals surface area contributed by atoms with Gasteiger partial charge in [-0.15, -0.1) is 0 Å². The number of aromatic amines is 1. The Morgan fingerprint density at radius 3 is 2.79 bits per heavy atom. The number of ether oxygens (including phenoxy) is 3. The van der Waals surface area contributed by atoms with Crippen molar-refractivity contribution in [3.05, 3.63) is 29.7 Å². The quantitative estimate of drug-likeness (QED) is 0.511. The lowest BCUT2D eigenvalue weighted by molar-refractivity contribution is 0.0927. The molecule has 2 aromatic heterocycles. The van der Waals surface area contributed by atoms with Crippen molar-refractivity contribution in [1.82, 2.24) is 20.3 Å². The maximum atomic E-state index is 13.3. The number of H-pyrrole nitrogens is 1. The van der Waals surface area contributed by atoms with Gasteiger partial charge in [0.05, 0.1) is 23.3 Å². The smallest absolute Gasteiger partial charge is 0.255 e. The maximum Gasteiger partial charge on any atom is 0.255 e. The van der Waals surface area contributed by atoms with Gasteiger partial charge in [0.1, 0.15) is 23.3 Å². The number of aryl methyl sites for hydroxylation is 1. The van der Waals surface area contributed by atoms with Crippen LogP contribution in [0.5, 0.6) is 17.2 Å². The highest BCUT2D eigenvalue weighted by Crippen LogP contribution is 2.48. The second kappa shape index (κ2) is 8.47. The zero-order valence-corrected chi connectivity index (χ0v) is 19.2. The molecular formula is C25H29N5O4. The average molecular weight is 464 g/mol. The van der Waals surface area contributed by atoms with Crippen LogP contribution in [0.1, 0.15) is 54.6 Å². The summed E-state index contributed by atoms with van der Waals surface area (Å²) in [5.74, 6) is 2.41. The summed E-state index contributed by atoms with van der Waals surface area (Å²) in [5.41, 5.74) is 9.91. The summed E-state index contributed by atoms with van der Waals surface area (Å²) < 4.78 is 17.6. The van der Waals surface area contributed by atoms with Crippen LogP contribution in [0.2, 0.25) is 0 Å². The Morgan fingerprint density at radius 1 is 1.18 bits per heavy atom. The predicted molar refractivity (Wildman–Crippen MR) is 126 cm³/mol. The number of rotatable bonds is 6. The maximum absolute atomic E-state index is 13.3. The van der Waals surface area contributed by atoms with Crippen LogP contribution in [0.4, 0.5) is 0 Å². The van der Waals surface area contributed by atoms with E-state index in [1.165, 1.54) is 19.2 Å². The molecule has 0 saturated heterocycles. The molecule has 3 aliphatic rings. The number of hydrogen-bond acceptors (Lipinski definition) is 7. The molecule has 3 heterocycles. The van der Waals surface area contributed by atoms with E-state index in [2.05, 4.69) is 20.3 Å². The van der Waals surface area contributed by atoms with Crippen LogP contribution >= 0.6 is 0 Å². The first-order valence-electron chi connectivity index (χ1n) is 12.0. The van der Waals surface area contributed by atoms with E-state index in [0.29, 0.717) is 52.1 Å². The SMILES string of the molecule is Cc1[nH]c2c(-c3c(OCC4CC4)ccc4c3OCO4)ncnc2c1C(=O)NC1CCC(N)CC1. The molecule has 2 fully saturated rings. The average Bonchev–Trinajstić information content (AvgIpc) is 3.42. The summed E-state index contributed by atoms with van der Waals surface area (Å²) >= 11 is 0. The van der Waals surface area contributed by atoms with E-state index in [9.17, 15) is 4.79 Å². The van der Waals surface area contributed by atoms with Gasteiger partial charge in [-0.25, -0.2) is 9.97 Å². The minimum absolute atomic E-state index is 0.128. The fraction of sp³-hybridized carbons (Fsp3) is 0.480. The van der Waals surface area contributed by atoms with Gasteiger partial charge in [-0.05, 0) is 63.5 Å². The molecule has 178 valence electrons. The van der Waals surface area contributed by atoms with Gasteiger partial charge in [-0.1, -0.05) is 0 Å². The molecule has 0 spiro atoms. The van der Waals surface area contributed by atoms with E-state index in [4.69, 9.17) is 19.9 Å². The standard InChI is InChI=1S/C25H29N5O4/c1-13-19(25(31)30-16-6-4-15(26)5-7-16)21-23(29-13)22(28-11-27-21)20-17(32-10-14-2-3-14)8-9-18-24(20)34-12-33-18/h8-9,11,14-16,29H,2-7,10,12,26H2,1H3,(H,30,31). The molecule has 1 aliphatic heterocycles. The Hall–Kier alpha value is -3.33. The van der Waals surface area contributed by atoms with Crippen molar-refractivity contribution in [2.75, 3.05) is 13.4 Å². The topological polar surface area (TPSA) is 124 Å². The van der Waals surface area contributed by atoms with Crippen LogP contribution in [0, 0.1) is 12.8 Å². The Morgan fingerprint density at radius 2 is 2.00 bits per heavy atom. The van der Waals surface area contributed by atoms with Crippen LogP contribution in [0.3, 0.4) is 0 Å². The highest BCUT2D eigenvalue weighted by molar-refractivity contribution is 6.09. The number of fused-ring (bicyclic) bond motifs is 2. The van der Waals surface area contributed by atoms with Gasteiger partial charge >= 0.3 is 0 Å². The van der Waals surface area contributed by atoms with Gasteiger partial charge in [0, 0.05) is 17.8 Å². The summed E-state index contributed by atoms with van der Waals surface area (Å²) in [4.78, 5) is 25.7. The number of carbonyl (C=O) groups excluding carboxylic acids is 1. The fourth-order valence-corrected chi connectivity index (χ4v) is 4.90.